The first-order chi connectivity index (χ1) is 15.2. The van der Waals surface area contributed by atoms with Crippen LogP contribution in [-0.4, -0.2) is 40.3 Å². The Morgan fingerprint density at radius 2 is 1.79 bits per heavy atom. The Bertz CT molecular complexity index is 1080. The fourth-order valence-corrected chi connectivity index (χ4v) is 4.47. The molecule has 2 rings (SSSR count). The van der Waals surface area contributed by atoms with Crippen molar-refractivity contribution in [1.82, 2.24) is 9.78 Å². The molecule has 2 heterocycles. The number of halogens is 4. The molecule has 182 valence electrons. The van der Waals surface area contributed by atoms with Crippen LogP contribution in [0, 0.1) is 13.8 Å². The number of thiophene rings is 1. The minimum Gasteiger partial charge on any atom is -0.462 e. The predicted octanol–water partition coefficient (Wildman–Crippen LogP) is 5.28. The van der Waals surface area contributed by atoms with E-state index in [1.807, 2.05) is 0 Å². The van der Waals surface area contributed by atoms with Gasteiger partial charge >= 0.3 is 18.1 Å². The molecule has 0 radical (unpaired) electrons. The number of carbonyl (C=O) groups excluding carboxylic acids is 3. The molecule has 0 aliphatic rings. The van der Waals surface area contributed by atoms with Crippen molar-refractivity contribution >= 4 is 50.1 Å². The second-order valence-electron chi connectivity index (χ2n) is 7.29. The first-order valence-electron chi connectivity index (χ1n) is 9.84. The zero-order valence-electron chi connectivity index (χ0n) is 18.7. The summed E-state index contributed by atoms with van der Waals surface area (Å²) in [5.74, 6) is -2.17. The zero-order chi connectivity index (χ0) is 25.2. The van der Waals surface area contributed by atoms with Crippen molar-refractivity contribution in [3.05, 3.63) is 31.9 Å². The second-order valence-corrected chi connectivity index (χ2v) is 9.10. The van der Waals surface area contributed by atoms with Crippen molar-refractivity contribution in [2.75, 3.05) is 11.9 Å². The van der Waals surface area contributed by atoms with Crippen LogP contribution < -0.4 is 5.32 Å². The Hall–Kier alpha value is -2.41. The number of hydrogen-bond donors (Lipinski definition) is 1. The number of nitrogens with one attached hydrogen (secondary N) is 1. The maximum atomic E-state index is 13.2. The van der Waals surface area contributed by atoms with E-state index in [1.54, 1.807) is 20.8 Å². The summed E-state index contributed by atoms with van der Waals surface area (Å²) in [6.45, 7) is 9.28. The summed E-state index contributed by atoms with van der Waals surface area (Å²) >= 11 is 3.69. The van der Waals surface area contributed by atoms with Gasteiger partial charge in [0.2, 0.25) is 5.91 Å². The van der Waals surface area contributed by atoms with Gasteiger partial charge in [-0.3, -0.25) is 9.48 Å². The number of rotatable bonds is 7. The molecule has 0 fully saturated rings. The van der Waals surface area contributed by atoms with Crippen LogP contribution in [0.5, 0.6) is 0 Å². The number of esters is 2. The molecule has 1 unspecified atom stereocenters. The molecule has 2 aromatic rings. The lowest BCUT2D eigenvalue weighted by Gasteiger charge is -2.15. The second kappa shape index (κ2) is 10.2. The normalized spacial score (nSPS) is 12.6. The van der Waals surface area contributed by atoms with E-state index in [-0.39, 0.29) is 37.8 Å². The maximum Gasteiger partial charge on any atom is 0.436 e. The summed E-state index contributed by atoms with van der Waals surface area (Å²) < 4.78 is 50.4. The van der Waals surface area contributed by atoms with Gasteiger partial charge in [-0.2, -0.15) is 18.3 Å². The van der Waals surface area contributed by atoms with Gasteiger partial charge in [-0.15, -0.1) is 11.3 Å². The van der Waals surface area contributed by atoms with E-state index in [0.717, 1.165) is 16.0 Å². The van der Waals surface area contributed by atoms with E-state index in [4.69, 9.17) is 9.47 Å². The molecule has 0 spiro atoms. The van der Waals surface area contributed by atoms with Crippen molar-refractivity contribution in [2.24, 2.45) is 0 Å². The van der Waals surface area contributed by atoms with Crippen LogP contribution in [0.25, 0.3) is 0 Å². The number of amides is 1. The van der Waals surface area contributed by atoms with E-state index in [2.05, 4.69) is 26.3 Å². The van der Waals surface area contributed by atoms with E-state index >= 15 is 0 Å². The Morgan fingerprint density at radius 1 is 1.18 bits per heavy atom. The van der Waals surface area contributed by atoms with Crippen LogP contribution in [0.4, 0.5) is 18.2 Å². The van der Waals surface area contributed by atoms with Gasteiger partial charge in [-0.1, -0.05) is 0 Å². The molecule has 0 aromatic carbocycles. The van der Waals surface area contributed by atoms with Crippen molar-refractivity contribution < 1.29 is 37.0 Å². The van der Waals surface area contributed by atoms with Gasteiger partial charge in [0.1, 0.15) is 15.9 Å². The minimum absolute atomic E-state index is 0.0216. The maximum absolute atomic E-state index is 13.2. The smallest absolute Gasteiger partial charge is 0.436 e. The van der Waals surface area contributed by atoms with Crippen LogP contribution in [0.3, 0.4) is 0 Å². The number of anilines is 1. The molecule has 0 saturated carbocycles. The standard InChI is InChI=1S/C20H23BrF3N3O5S/c1-7-31-19(30)14-9(4)12(18(29)32-8(2)3)17(33-14)25-16(28)11(6)27-10(5)13(21)15(26-27)20(22,23)24/h8,11H,7H2,1-6H3,(H,25,28). The molecule has 0 bridgehead atoms. The summed E-state index contributed by atoms with van der Waals surface area (Å²) in [7, 11) is 0. The molecule has 8 nitrogen and oxygen atoms in total. The van der Waals surface area contributed by atoms with Crippen LogP contribution >= 0.6 is 27.3 Å². The highest BCUT2D eigenvalue weighted by Gasteiger charge is 2.39. The lowest BCUT2D eigenvalue weighted by molar-refractivity contribution is -0.142. The van der Waals surface area contributed by atoms with E-state index in [1.165, 1.54) is 20.8 Å². The molecular weight excluding hydrogens is 531 g/mol. The number of aromatic nitrogens is 2. The largest absolute Gasteiger partial charge is 0.462 e. The number of hydrogen-bond acceptors (Lipinski definition) is 7. The van der Waals surface area contributed by atoms with Gasteiger partial charge in [-0.05, 0) is 63.0 Å². The van der Waals surface area contributed by atoms with Gasteiger partial charge in [0.25, 0.3) is 0 Å². The molecule has 1 N–H and O–H groups in total. The Morgan fingerprint density at radius 3 is 2.27 bits per heavy atom. The molecule has 2 aromatic heterocycles. The highest BCUT2D eigenvalue weighted by Crippen LogP contribution is 2.38. The van der Waals surface area contributed by atoms with Crippen molar-refractivity contribution in [2.45, 2.75) is 59.9 Å². The number of alkyl halides is 3. The molecule has 0 saturated heterocycles. The third-order valence-corrected chi connectivity index (χ3v) is 6.62. The van der Waals surface area contributed by atoms with Gasteiger partial charge in [-0.25, -0.2) is 9.59 Å². The van der Waals surface area contributed by atoms with E-state index in [0.29, 0.717) is 0 Å². The quantitative estimate of drug-likeness (QED) is 0.468. The lowest BCUT2D eigenvalue weighted by atomic mass is 10.1. The summed E-state index contributed by atoms with van der Waals surface area (Å²) in [6.07, 6.45) is -5.17. The Kier molecular flexibility index (Phi) is 8.33. The van der Waals surface area contributed by atoms with Crippen molar-refractivity contribution in [1.29, 1.82) is 0 Å². The summed E-state index contributed by atoms with van der Waals surface area (Å²) in [6, 6.07) is -1.17. The molecule has 13 heteroatoms. The third kappa shape index (κ3) is 5.75. The van der Waals surface area contributed by atoms with Crippen LogP contribution in [0.15, 0.2) is 4.47 Å². The van der Waals surface area contributed by atoms with E-state index in [9.17, 15) is 27.6 Å². The average molecular weight is 554 g/mol. The summed E-state index contributed by atoms with van der Waals surface area (Å²) in [5, 5.41) is 6.09. The Labute approximate surface area is 200 Å². The topological polar surface area (TPSA) is 99.5 Å². The monoisotopic (exact) mass is 553 g/mol. The van der Waals surface area contributed by atoms with Gasteiger partial charge in [0, 0.05) is 0 Å². The Balaban J connectivity index is 2.45. The van der Waals surface area contributed by atoms with Crippen molar-refractivity contribution in [3.63, 3.8) is 0 Å². The van der Waals surface area contributed by atoms with Crippen LogP contribution in [0.1, 0.15) is 70.7 Å². The highest BCUT2D eigenvalue weighted by molar-refractivity contribution is 9.10. The van der Waals surface area contributed by atoms with E-state index < -0.39 is 41.9 Å². The fraction of sp³-hybridized carbons (Fsp3) is 0.500. The first-order valence-corrected chi connectivity index (χ1v) is 11.5. The number of nitrogens with zero attached hydrogens (tertiary/aromatic N) is 2. The molecule has 0 aliphatic carbocycles. The van der Waals surface area contributed by atoms with Crippen LogP contribution in [0.2, 0.25) is 0 Å². The van der Waals surface area contributed by atoms with Crippen LogP contribution in [-0.2, 0) is 20.4 Å². The van der Waals surface area contributed by atoms with Gasteiger partial charge < -0.3 is 14.8 Å². The lowest BCUT2D eigenvalue weighted by Crippen LogP contribution is -2.26. The molecule has 1 atom stereocenters. The molecule has 33 heavy (non-hydrogen) atoms. The number of ether oxygens (including phenoxy) is 2. The SMILES string of the molecule is CCOC(=O)c1sc(NC(=O)C(C)n2nc(C(F)(F)F)c(Br)c2C)c(C(=O)OC(C)C)c1C. The van der Waals surface area contributed by atoms with Crippen molar-refractivity contribution in [3.8, 4) is 0 Å². The average Bonchev–Trinajstić information content (AvgIpc) is 3.17. The summed E-state index contributed by atoms with van der Waals surface area (Å²) in [5.41, 5.74) is -0.813. The fourth-order valence-electron chi connectivity index (χ4n) is 2.90. The van der Waals surface area contributed by atoms with Gasteiger partial charge in [0.15, 0.2) is 5.69 Å². The predicted molar refractivity (Wildman–Crippen MR) is 119 cm³/mol. The molecule has 1 amide bonds. The van der Waals surface area contributed by atoms with Gasteiger partial charge in [0.05, 0.1) is 28.4 Å². The minimum atomic E-state index is -4.71. The third-order valence-electron chi connectivity index (χ3n) is 4.48. The first kappa shape index (κ1) is 26.8. The molecule has 0 aliphatic heterocycles. The molecular formula is C20H23BrF3N3O5S. The highest BCUT2D eigenvalue weighted by atomic mass is 79.9. The zero-order valence-corrected chi connectivity index (χ0v) is 21.1. The summed E-state index contributed by atoms with van der Waals surface area (Å²) in [4.78, 5) is 38.0. The number of carbonyl (C=O) groups is 3.